The van der Waals surface area contributed by atoms with Gasteiger partial charge in [-0.25, -0.2) is 8.42 Å². The smallest absolute Gasteiger partial charge is 0.257 e. The molecular formula is C26H26ClN3O4S. The zero-order chi connectivity index (χ0) is 25.0. The number of rotatable bonds is 7. The molecule has 1 saturated heterocycles. The number of anilines is 1. The molecule has 35 heavy (non-hydrogen) atoms. The van der Waals surface area contributed by atoms with Crippen molar-refractivity contribution in [3.63, 3.8) is 0 Å². The number of carbonyl (C=O) groups excluding carboxylic acids is 2. The average molecular weight is 512 g/mol. The quantitative estimate of drug-likeness (QED) is 0.473. The molecule has 2 N–H and O–H groups in total. The second kappa shape index (κ2) is 10.6. The van der Waals surface area contributed by atoms with Crippen molar-refractivity contribution >= 4 is 39.1 Å². The van der Waals surface area contributed by atoms with Crippen molar-refractivity contribution in [1.29, 1.82) is 0 Å². The minimum Gasteiger partial charge on any atom is -0.345 e. The molecule has 1 fully saturated rings. The van der Waals surface area contributed by atoms with E-state index in [-0.39, 0.29) is 33.0 Å². The van der Waals surface area contributed by atoms with E-state index < -0.39 is 15.9 Å². The van der Waals surface area contributed by atoms with Gasteiger partial charge in [-0.2, -0.15) is 4.31 Å². The molecule has 3 aromatic carbocycles. The van der Waals surface area contributed by atoms with Crippen molar-refractivity contribution in [2.24, 2.45) is 0 Å². The van der Waals surface area contributed by atoms with Crippen LogP contribution in [-0.4, -0.2) is 37.6 Å². The Balaban J connectivity index is 1.55. The lowest BCUT2D eigenvalue weighted by atomic mass is 10.1. The Hall–Kier alpha value is -3.20. The van der Waals surface area contributed by atoms with Gasteiger partial charge in [0.05, 0.1) is 32.8 Å². The SMILES string of the molecule is C[C@@H](NC(=O)c1ccccc1NC(=O)c1cc(S(=O)(=O)N2CCCC2)ccc1Cl)c1ccccc1. The summed E-state index contributed by atoms with van der Waals surface area (Å²) in [4.78, 5) is 26.1. The lowest BCUT2D eigenvalue weighted by Crippen LogP contribution is -2.28. The molecule has 1 atom stereocenters. The highest BCUT2D eigenvalue weighted by atomic mass is 35.5. The van der Waals surface area contributed by atoms with Crippen molar-refractivity contribution < 1.29 is 18.0 Å². The molecule has 0 aromatic heterocycles. The molecule has 3 aromatic rings. The second-order valence-electron chi connectivity index (χ2n) is 8.36. The molecule has 0 radical (unpaired) electrons. The van der Waals surface area contributed by atoms with Crippen molar-refractivity contribution in [1.82, 2.24) is 9.62 Å². The largest absolute Gasteiger partial charge is 0.345 e. The van der Waals surface area contributed by atoms with Crippen molar-refractivity contribution in [2.75, 3.05) is 18.4 Å². The summed E-state index contributed by atoms with van der Waals surface area (Å²) in [6.45, 7) is 2.78. The number of sulfonamides is 1. The van der Waals surface area contributed by atoms with E-state index >= 15 is 0 Å². The zero-order valence-corrected chi connectivity index (χ0v) is 20.8. The Labute approximate surface area is 210 Å². The average Bonchev–Trinajstić information content (AvgIpc) is 3.41. The fourth-order valence-electron chi connectivity index (χ4n) is 4.00. The number of hydrogen-bond acceptors (Lipinski definition) is 4. The summed E-state index contributed by atoms with van der Waals surface area (Å²) >= 11 is 6.26. The van der Waals surface area contributed by atoms with E-state index in [1.165, 1.54) is 22.5 Å². The van der Waals surface area contributed by atoms with E-state index in [2.05, 4.69) is 10.6 Å². The van der Waals surface area contributed by atoms with Gasteiger partial charge in [0.2, 0.25) is 10.0 Å². The first kappa shape index (κ1) is 24.9. The fraction of sp³-hybridized carbons (Fsp3) is 0.231. The number of hydrogen-bond donors (Lipinski definition) is 2. The maximum Gasteiger partial charge on any atom is 0.257 e. The predicted molar refractivity (Wildman–Crippen MR) is 136 cm³/mol. The van der Waals surface area contributed by atoms with Crippen LogP contribution in [0.4, 0.5) is 5.69 Å². The fourth-order valence-corrected chi connectivity index (χ4v) is 5.74. The maximum atomic E-state index is 13.1. The number of amides is 2. The highest BCUT2D eigenvalue weighted by Crippen LogP contribution is 2.27. The molecule has 0 aliphatic carbocycles. The number of carbonyl (C=O) groups is 2. The van der Waals surface area contributed by atoms with Crippen LogP contribution in [0.2, 0.25) is 5.02 Å². The third-order valence-electron chi connectivity index (χ3n) is 5.95. The normalized spacial score (nSPS) is 14.9. The lowest BCUT2D eigenvalue weighted by molar-refractivity contribution is 0.0940. The molecule has 1 heterocycles. The Morgan fingerprint density at radius 1 is 0.886 bits per heavy atom. The Morgan fingerprint density at radius 2 is 1.54 bits per heavy atom. The van der Waals surface area contributed by atoms with Crippen LogP contribution in [0.25, 0.3) is 0 Å². The molecule has 9 heteroatoms. The highest BCUT2D eigenvalue weighted by Gasteiger charge is 2.28. The highest BCUT2D eigenvalue weighted by molar-refractivity contribution is 7.89. The number of nitrogens with one attached hydrogen (secondary N) is 2. The number of halogens is 1. The van der Waals surface area contributed by atoms with Crippen LogP contribution in [0.3, 0.4) is 0 Å². The van der Waals surface area contributed by atoms with Gasteiger partial charge >= 0.3 is 0 Å². The summed E-state index contributed by atoms with van der Waals surface area (Å²) in [5.74, 6) is -0.960. The van der Waals surface area contributed by atoms with E-state index in [0.717, 1.165) is 18.4 Å². The van der Waals surface area contributed by atoms with Crippen LogP contribution in [0, 0.1) is 0 Å². The molecule has 1 aliphatic rings. The molecule has 0 bridgehead atoms. The summed E-state index contributed by atoms with van der Waals surface area (Å²) in [6, 6.07) is 20.0. The third-order valence-corrected chi connectivity index (χ3v) is 8.18. The van der Waals surface area contributed by atoms with Gasteiger partial charge in [0.15, 0.2) is 0 Å². The standard InChI is InChI=1S/C26H26ClN3O4S/c1-18(19-9-3-2-4-10-19)28-25(31)21-11-5-6-12-24(21)29-26(32)22-17-20(13-14-23(22)27)35(33,34)30-15-7-8-16-30/h2-6,9-14,17-18H,7-8,15-16H2,1H3,(H,28,31)(H,29,32)/t18-/m1/s1. The van der Waals surface area contributed by atoms with Crippen LogP contribution >= 0.6 is 11.6 Å². The zero-order valence-electron chi connectivity index (χ0n) is 19.2. The molecule has 182 valence electrons. The summed E-state index contributed by atoms with van der Waals surface area (Å²) in [5, 5.41) is 5.77. The van der Waals surface area contributed by atoms with E-state index in [1.807, 2.05) is 37.3 Å². The van der Waals surface area contributed by atoms with Gasteiger partial charge in [0.1, 0.15) is 0 Å². The number of para-hydroxylation sites is 1. The van der Waals surface area contributed by atoms with Crippen LogP contribution in [0.5, 0.6) is 0 Å². The van der Waals surface area contributed by atoms with Gasteiger partial charge in [-0.05, 0) is 55.7 Å². The van der Waals surface area contributed by atoms with E-state index in [0.29, 0.717) is 18.8 Å². The first-order chi connectivity index (χ1) is 16.8. The Bertz CT molecular complexity index is 1340. The summed E-state index contributed by atoms with van der Waals surface area (Å²) in [5.41, 5.74) is 1.53. The van der Waals surface area contributed by atoms with Crippen molar-refractivity contribution in [3.8, 4) is 0 Å². The monoisotopic (exact) mass is 511 g/mol. The molecular weight excluding hydrogens is 486 g/mol. The molecule has 7 nitrogen and oxygen atoms in total. The van der Waals surface area contributed by atoms with Crippen LogP contribution < -0.4 is 10.6 Å². The van der Waals surface area contributed by atoms with Gasteiger partial charge < -0.3 is 10.6 Å². The summed E-state index contributed by atoms with van der Waals surface area (Å²) in [6.07, 6.45) is 1.61. The lowest BCUT2D eigenvalue weighted by Gasteiger charge is -2.17. The van der Waals surface area contributed by atoms with E-state index in [1.54, 1.807) is 24.3 Å². The molecule has 1 aliphatic heterocycles. The van der Waals surface area contributed by atoms with E-state index in [4.69, 9.17) is 11.6 Å². The second-order valence-corrected chi connectivity index (χ2v) is 10.7. The molecule has 0 spiro atoms. The minimum atomic E-state index is -3.72. The van der Waals surface area contributed by atoms with Gasteiger partial charge in [0, 0.05) is 13.1 Å². The van der Waals surface area contributed by atoms with Gasteiger partial charge in [-0.15, -0.1) is 0 Å². The van der Waals surface area contributed by atoms with Crippen LogP contribution in [-0.2, 0) is 10.0 Å². The number of nitrogens with zero attached hydrogens (tertiary/aromatic N) is 1. The first-order valence-corrected chi connectivity index (χ1v) is 13.1. The van der Waals surface area contributed by atoms with Crippen molar-refractivity contribution in [3.05, 3.63) is 94.5 Å². The molecule has 4 rings (SSSR count). The topological polar surface area (TPSA) is 95.6 Å². The maximum absolute atomic E-state index is 13.1. The van der Waals surface area contributed by atoms with Gasteiger partial charge in [-0.3, -0.25) is 9.59 Å². The minimum absolute atomic E-state index is 0.0108. The summed E-state index contributed by atoms with van der Waals surface area (Å²) < 4.78 is 27.3. The third kappa shape index (κ3) is 5.56. The Morgan fingerprint density at radius 3 is 2.26 bits per heavy atom. The molecule has 2 amide bonds. The summed E-state index contributed by atoms with van der Waals surface area (Å²) in [7, 11) is -3.72. The first-order valence-electron chi connectivity index (χ1n) is 11.3. The molecule has 0 unspecified atom stereocenters. The predicted octanol–water partition coefficient (Wildman–Crippen LogP) is 4.87. The van der Waals surface area contributed by atoms with Crippen LogP contribution in [0.15, 0.2) is 77.7 Å². The number of benzene rings is 3. The van der Waals surface area contributed by atoms with Gasteiger partial charge in [0.25, 0.3) is 11.8 Å². The van der Waals surface area contributed by atoms with Gasteiger partial charge in [-0.1, -0.05) is 54.1 Å². The van der Waals surface area contributed by atoms with E-state index in [9.17, 15) is 18.0 Å². The van der Waals surface area contributed by atoms with Crippen molar-refractivity contribution in [2.45, 2.75) is 30.7 Å². The molecule has 0 saturated carbocycles. The van der Waals surface area contributed by atoms with Crippen LogP contribution in [0.1, 0.15) is 52.1 Å². The Kier molecular flexibility index (Phi) is 7.54.